The summed E-state index contributed by atoms with van der Waals surface area (Å²) in [5.74, 6) is 0. The van der Waals surface area contributed by atoms with Gasteiger partial charge in [0.15, 0.2) is 0 Å². The van der Waals surface area contributed by atoms with Crippen molar-refractivity contribution in [2.24, 2.45) is 0 Å². The number of aliphatic hydroxyl groups is 1. The van der Waals surface area contributed by atoms with Crippen molar-refractivity contribution in [3.63, 3.8) is 0 Å². The first kappa shape index (κ1) is 15.5. The number of thiophene rings is 1. The fourth-order valence-corrected chi connectivity index (χ4v) is 3.58. The van der Waals surface area contributed by atoms with E-state index in [2.05, 4.69) is 64.3 Å². The third-order valence-corrected chi connectivity index (χ3v) is 4.84. The Balaban J connectivity index is 2.28. The Morgan fingerprint density at radius 1 is 1.25 bits per heavy atom. The lowest BCUT2D eigenvalue weighted by molar-refractivity contribution is 0.198. The molecule has 2 rings (SSSR count). The van der Waals surface area contributed by atoms with Crippen LogP contribution in [0, 0.1) is 0 Å². The summed E-state index contributed by atoms with van der Waals surface area (Å²) in [5, 5.41) is 11.8. The quantitative estimate of drug-likeness (QED) is 0.819. The highest BCUT2D eigenvalue weighted by Gasteiger charge is 2.14. The van der Waals surface area contributed by atoms with Gasteiger partial charge in [-0.2, -0.15) is 0 Å². The molecule has 1 unspecified atom stereocenters. The zero-order valence-corrected chi connectivity index (χ0v) is 14.4. The number of hydrogen-bond donors (Lipinski definition) is 1. The fourth-order valence-electron chi connectivity index (χ4n) is 2.18. The summed E-state index contributed by atoms with van der Waals surface area (Å²) in [5.41, 5.74) is 2.10. The zero-order valence-electron chi connectivity index (χ0n) is 12.0. The molecular weight excluding hydrogens is 334 g/mol. The van der Waals surface area contributed by atoms with Crippen LogP contribution in [0.2, 0.25) is 0 Å². The van der Waals surface area contributed by atoms with Gasteiger partial charge in [-0.3, -0.25) is 0 Å². The first-order chi connectivity index (χ1) is 9.49. The number of halogens is 1. The van der Waals surface area contributed by atoms with Crippen LogP contribution >= 0.6 is 27.3 Å². The summed E-state index contributed by atoms with van der Waals surface area (Å²) >= 11 is 5.34. The molecule has 1 N–H and O–H groups in total. The Kier molecular flexibility index (Phi) is 5.24. The average molecular weight is 354 g/mol. The lowest BCUT2D eigenvalue weighted by Crippen LogP contribution is -2.29. The fraction of sp³-hybridized carbons (Fsp3) is 0.375. The number of rotatable bonds is 5. The van der Waals surface area contributed by atoms with Crippen LogP contribution in [0.4, 0.5) is 5.69 Å². The monoisotopic (exact) mass is 353 g/mol. The van der Waals surface area contributed by atoms with Crippen molar-refractivity contribution in [2.75, 3.05) is 4.90 Å². The third-order valence-electron chi connectivity index (χ3n) is 3.30. The summed E-state index contributed by atoms with van der Waals surface area (Å²) in [4.78, 5) is 3.72. The van der Waals surface area contributed by atoms with E-state index in [1.54, 1.807) is 18.3 Å². The van der Waals surface area contributed by atoms with Gasteiger partial charge in [0.2, 0.25) is 0 Å². The summed E-state index contributed by atoms with van der Waals surface area (Å²) in [6, 6.07) is 10.8. The first-order valence-corrected chi connectivity index (χ1v) is 8.43. The number of aliphatic hydroxyl groups excluding tert-OH is 1. The van der Waals surface area contributed by atoms with E-state index >= 15 is 0 Å². The number of hydrogen-bond acceptors (Lipinski definition) is 3. The summed E-state index contributed by atoms with van der Waals surface area (Å²) < 4.78 is 0.960. The standard InChI is InChI=1S/C16H20BrNOS/c1-11(2)18(10-14-5-4-8-20-14)13-6-7-15(12(3)19)16(17)9-13/h4-9,11-12,19H,10H2,1-3H3. The summed E-state index contributed by atoms with van der Waals surface area (Å²) in [7, 11) is 0. The molecule has 0 saturated carbocycles. The van der Waals surface area contributed by atoms with Crippen molar-refractivity contribution in [1.82, 2.24) is 0 Å². The minimum atomic E-state index is -0.455. The van der Waals surface area contributed by atoms with Crippen LogP contribution in [-0.4, -0.2) is 11.1 Å². The topological polar surface area (TPSA) is 23.5 Å². The van der Waals surface area contributed by atoms with E-state index in [1.165, 1.54) is 10.6 Å². The predicted molar refractivity (Wildman–Crippen MR) is 90.4 cm³/mol. The van der Waals surface area contributed by atoms with Gasteiger partial charge in [0.1, 0.15) is 0 Å². The number of nitrogens with zero attached hydrogens (tertiary/aromatic N) is 1. The van der Waals surface area contributed by atoms with E-state index in [-0.39, 0.29) is 0 Å². The molecule has 0 fully saturated rings. The highest BCUT2D eigenvalue weighted by atomic mass is 79.9. The highest BCUT2D eigenvalue weighted by Crippen LogP contribution is 2.30. The van der Waals surface area contributed by atoms with Crippen molar-refractivity contribution >= 4 is 33.0 Å². The molecule has 0 radical (unpaired) electrons. The maximum atomic E-state index is 9.71. The van der Waals surface area contributed by atoms with Crippen LogP contribution in [-0.2, 0) is 6.54 Å². The molecule has 2 nitrogen and oxygen atoms in total. The summed E-state index contributed by atoms with van der Waals surface area (Å²) in [6.07, 6.45) is -0.455. The van der Waals surface area contributed by atoms with Crippen molar-refractivity contribution in [3.05, 3.63) is 50.6 Å². The maximum Gasteiger partial charge on any atom is 0.0772 e. The third kappa shape index (κ3) is 3.62. The highest BCUT2D eigenvalue weighted by molar-refractivity contribution is 9.10. The molecule has 108 valence electrons. The predicted octanol–water partition coefficient (Wildman–Crippen LogP) is 4.98. The van der Waals surface area contributed by atoms with Crippen LogP contribution < -0.4 is 4.90 Å². The van der Waals surface area contributed by atoms with Gasteiger partial charge in [-0.05, 0) is 49.9 Å². The molecule has 0 saturated heterocycles. The van der Waals surface area contributed by atoms with Crippen LogP contribution in [0.5, 0.6) is 0 Å². The average Bonchev–Trinajstić information content (AvgIpc) is 2.87. The van der Waals surface area contributed by atoms with Crippen molar-refractivity contribution in [3.8, 4) is 0 Å². The second-order valence-electron chi connectivity index (χ2n) is 5.18. The molecule has 20 heavy (non-hydrogen) atoms. The minimum Gasteiger partial charge on any atom is -0.389 e. The second kappa shape index (κ2) is 6.74. The van der Waals surface area contributed by atoms with Gasteiger partial charge in [-0.1, -0.05) is 28.1 Å². The van der Waals surface area contributed by atoms with Gasteiger partial charge in [0.25, 0.3) is 0 Å². The maximum absolute atomic E-state index is 9.71. The molecular formula is C16H20BrNOS. The van der Waals surface area contributed by atoms with Crippen LogP contribution in [0.15, 0.2) is 40.2 Å². The molecule has 1 aromatic carbocycles. The van der Waals surface area contributed by atoms with E-state index in [0.717, 1.165) is 16.6 Å². The Morgan fingerprint density at radius 2 is 2.00 bits per heavy atom. The van der Waals surface area contributed by atoms with Gasteiger partial charge in [-0.25, -0.2) is 0 Å². The van der Waals surface area contributed by atoms with Crippen molar-refractivity contribution in [2.45, 2.75) is 39.5 Å². The first-order valence-electron chi connectivity index (χ1n) is 6.75. The van der Waals surface area contributed by atoms with E-state index in [9.17, 15) is 5.11 Å². The molecule has 1 heterocycles. The van der Waals surface area contributed by atoms with Crippen molar-refractivity contribution in [1.29, 1.82) is 0 Å². The van der Waals surface area contributed by atoms with Crippen molar-refractivity contribution < 1.29 is 5.11 Å². The SMILES string of the molecule is CC(O)c1ccc(N(Cc2cccs2)C(C)C)cc1Br. The van der Waals surface area contributed by atoms with Gasteiger partial charge in [-0.15, -0.1) is 11.3 Å². The number of anilines is 1. The van der Waals surface area contributed by atoms with E-state index in [0.29, 0.717) is 6.04 Å². The van der Waals surface area contributed by atoms with E-state index in [1.807, 2.05) is 6.07 Å². The molecule has 0 aliphatic carbocycles. The molecule has 0 bridgehead atoms. The molecule has 1 atom stereocenters. The normalized spacial score (nSPS) is 12.7. The van der Waals surface area contributed by atoms with E-state index in [4.69, 9.17) is 0 Å². The zero-order chi connectivity index (χ0) is 14.7. The second-order valence-corrected chi connectivity index (χ2v) is 7.07. The Morgan fingerprint density at radius 3 is 2.50 bits per heavy atom. The van der Waals surface area contributed by atoms with Gasteiger partial charge in [0.05, 0.1) is 12.6 Å². The molecule has 0 spiro atoms. The largest absolute Gasteiger partial charge is 0.389 e. The van der Waals surface area contributed by atoms with Crippen LogP contribution in [0.25, 0.3) is 0 Å². The molecule has 1 aromatic heterocycles. The van der Waals surface area contributed by atoms with Crippen LogP contribution in [0.3, 0.4) is 0 Å². The summed E-state index contributed by atoms with van der Waals surface area (Å²) in [6.45, 7) is 7.09. The van der Waals surface area contributed by atoms with Crippen LogP contribution in [0.1, 0.15) is 37.3 Å². The Bertz CT molecular complexity index is 552. The smallest absolute Gasteiger partial charge is 0.0772 e. The minimum absolute atomic E-state index is 0.418. The molecule has 0 amide bonds. The Labute approximate surface area is 133 Å². The lowest BCUT2D eigenvalue weighted by Gasteiger charge is -2.29. The molecule has 0 aliphatic rings. The Hall–Kier alpha value is -0.840. The molecule has 4 heteroatoms. The lowest BCUT2D eigenvalue weighted by atomic mass is 10.1. The molecule has 0 aliphatic heterocycles. The molecule has 2 aromatic rings. The van der Waals surface area contributed by atoms with Gasteiger partial charge >= 0.3 is 0 Å². The number of benzene rings is 1. The van der Waals surface area contributed by atoms with Gasteiger partial charge < -0.3 is 10.0 Å². The van der Waals surface area contributed by atoms with E-state index < -0.39 is 6.10 Å². The van der Waals surface area contributed by atoms with Gasteiger partial charge in [0, 0.05) is 21.1 Å².